The zero-order valence-electron chi connectivity index (χ0n) is 28.8. The molecule has 1 saturated heterocycles. The number of pyridine rings is 1. The molecule has 244 valence electrons. The Morgan fingerprint density at radius 3 is 2.36 bits per heavy atom. The lowest BCUT2D eigenvalue weighted by Crippen LogP contribution is -2.40. The summed E-state index contributed by atoms with van der Waals surface area (Å²) in [5.41, 5.74) is 6.47. The minimum Gasteiger partial charge on any atom is -0.496 e. The van der Waals surface area contributed by atoms with Gasteiger partial charge in [-0.3, -0.25) is 9.59 Å². The van der Waals surface area contributed by atoms with Crippen molar-refractivity contribution in [3.63, 3.8) is 0 Å². The fourth-order valence-corrected chi connectivity index (χ4v) is 4.91. The number of hydrogen-bond donors (Lipinski definition) is 1. The third-order valence-corrected chi connectivity index (χ3v) is 7.12. The first-order chi connectivity index (χ1) is 21.5. The van der Waals surface area contributed by atoms with Gasteiger partial charge in [-0.1, -0.05) is 44.2 Å². The van der Waals surface area contributed by atoms with Crippen molar-refractivity contribution < 1.29 is 19.1 Å². The Morgan fingerprint density at radius 1 is 1.09 bits per heavy atom. The van der Waals surface area contributed by atoms with E-state index in [1.165, 1.54) is 0 Å². The minimum absolute atomic E-state index is 0.144. The van der Waals surface area contributed by atoms with Crippen molar-refractivity contribution in [3.05, 3.63) is 72.1 Å². The van der Waals surface area contributed by atoms with Gasteiger partial charge in [0.15, 0.2) is 0 Å². The van der Waals surface area contributed by atoms with Crippen molar-refractivity contribution in [3.8, 4) is 28.0 Å². The Morgan fingerprint density at radius 2 is 1.78 bits per heavy atom. The maximum Gasteiger partial charge on any atom is 0.219 e. The molecule has 2 aromatic heterocycles. The number of carbonyl (C=O) groups is 2. The van der Waals surface area contributed by atoms with Gasteiger partial charge in [0, 0.05) is 66.2 Å². The number of hydrogen-bond acceptors (Lipinski definition) is 6. The number of H-pyrrole nitrogens is 1. The third kappa shape index (κ3) is 10.8. The van der Waals surface area contributed by atoms with E-state index in [4.69, 9.17) is 9.47 Å². The van der Waals surface area contributed by atoms with E-state index in [9.17, 15) is 9.59 Å². The highest BCUT2D eigenvalue weighted by Crippen LogP contribution is 2.36. The van der Waals surface area contributed by atoms with Gasteiger partial charge < -0.3 is 24.3 Å². The van der Waals surface area contributed by atoms with Gasteiger partial charge in [-0.2, -0.15) is 0 Å². The Hall–Kier alpha value is -4.01. The molecule has 45 heavy (non-hydrogen) atoms. The van der Waals surface area contributed by atoms with Gasteiger partial charge in [-0.25, -0.2) is 4.98 Å². The van der Waals surface area contributed by atoms with Gasteiger partial charge >= 0.3 is 0 Å². The quantitative estimate of drug-likeness (QED) is 0.215. The van der Waals surface area contributed by atoms with Gasteiger partial charge in [0.25, 0.3) is 0 Å². The predicted octanol–water partition coefficient (Wildman–Crippen LogP) is 7.65. The molecule has 0 spiro atoms. The molecule has 4 aromatic rings. The maximum atomic E-state index is 11.3. The van der Waals surface area contributed by atoms with Gasteiger partial charge in [-0.15, -0.1) is 0 Å². The van der Waals surface area contributed by atoms with Crippen LogP contribution in [0.15, 0.2) is 60.9 Å². The fourth-order valence-electron chi connectivity index (χ4n) is 4.91. The summed E-state index contributed by atoms with van der Waals surface area (Å²) < 4.78 is 11.0. The number of aromatic amines is 1. The average Bonchev–Trinajstić information content (AvgIpc) is 3.70. The van der Waals surface area contributed by atoms with Crippen molar-refractivity contribution in [2.24, 2.45) is 0 Å². The van der Waals surface area contributed by atoms with Crippen LogP contribution in [-0.4, -0.2) is 85.5 Å². The molecule has 1 aliphatic rings. The van der Waals surface area contributed by atoms with Crippen LogP contribution in [0.2, 0.25) is 0 Å². The second kappa shape index (κ2) is 18.7. The summed E-state index contributed by atoms with van der Waals surface area (Å²) in [7, 11) is 7.67. The summed E-state index contributed by atoms with van der Waals surface area (Å²) in [4.78, 5) is 34.1. The first-order valence-corrected chi connectivity index (χ1v) is 15.7. The molecule has 8 nitrogen and oxygen atoms in total. The largest absolute Gasteiger partial charge is 0.496 e. The van der Waals surface area contributed by atoms with E-state index < -0.39 is 0 Å². The maximum absolute atomic E-state index is 11.3. The number of aryl methyl sites for hydroxylation is 1. The standard InChI is InChI=1S/C22H18N2O2.C10H19NO2.C3H9N.C2H6/c1-14-7-8-15(9-17(14)13-25)16-10-19-20(12-24-22(19)23-11-16)18-5-3-4-6-21(18)26-2;1-8(2)11(9(3)12)7-10-5-4-6-13-10;1-4(2)3;1-2/h3-13H,1-2H3,(H,23,24);8,10H,4-7H2,1-3H3;1-3H3;1-2H3. The van der Waals surface area contributed by atoms with Crippen LogP contribution in [0.25, 0.3) is 33.3 Å². The van der Waals surface area contributed by atoms with Crippen molar-refractivity contribution in [1.29, 1.82) is 0 Å². The number of para-hydroxylation sites is 1. The van der Waals surface area contributed by atoms with Crippen molar-refractivity contribution in [2.75, 3.05) is 41.4 Å². The molecule has 1 amide bonds. The number of amides is 1. The topological polar surface area (TPSA) is 87.8 Å². The lowest BCUT2D eigenvalue weighted by atomic mass is 9.99. The summed E-state index contributed by atoms with van der Waals surface area (Å²) in [5.74, 6) is 0.961. The normalized spacial score (nSPS) is 13.6. The number of carbonyl (C=O) groups excluding carboxylic acids is 2. The molecule has 0 saturated carbocycles. The van der Waals surface area contributed by atoms with Gasteiger partial charge in [0.2, 0.25) is 5.91 Å². The summed E-state index contributed by atoms with van der Waals surface area (Å²) >= 11 is 0. The molecule has 1 unspecified atom stereocenters. The van der Waals surface area contributed by atoms with Crippen LogP contribution in [0.1, 0.15) is 63.4 Å². The number of ether oxygens (including phenoxy) is 2. The lowest BCUT2D eigenvalue weighted by Gasteiger charge is -2.27. The number of benzene rings is 2. The number of fused-ring (bicyclic) bond motifs is 1. The lowest BCUT2D eigenvalue weighted by molar-refractivity contribution is -0.132. The average molecular weight is 617 g/mol. The van der Waals surface area contributed by atoms with E-state index in [2.05, 4.69) is 16.0 Å². The molecule has 5 rings (SSSR count). The number of rotatable bonds is 7. The van der Waals surface area contributed by atoms with Crippen LogP contribution in [0, 0.1) is 6.92 Å². The van der Waals surface area contributed by atoms with Crippen LogP contribution in [0.4, 0.5) is 0 Å². The number of nitrogens with zero attached hydrogens (tertiary/aromatic N) is 3. The number of aromatic nitrogens is 2. The monoisotopic (exact) mass is 616 g/mol. The van der Waals surface area contributed by atoms with Crippen molar-refractivity contribution in [1.82, 2.24) is 19.8 Å². The number of nitrogens with one attached hydrogen (secondary N) is 1. The van der Waals surface area contributed by atoms with E-state index in [1.54, 1.807) is 14.0 Å². The fraction of sp³-hybridized carbons (Fsp3) is 0.432. The molecule has 1 N–H and O–H groups in total. The molecule has 8 heteroatoms. The van der Waals surface area contributed by atoms with E-state index in [0.29, 0.717) is 5.56 Å². The molecule has 0 bridgehead atoms. The van der Waals surface area contributed by atoms with Crippen molar-refractivity contribution >= 4 is 23.2 Å². The second-order valence-corrected chi connectivity index (χ2v) is 11.5. The van der Waals surface area contributed by atoms with E-state index in [0.717, 1.165) is 76.9 Å². The first kappa shape index (κ1) is 37.2. The Labute approximate surface area is 269 Å². The molecule has 2 aromatic carbocycles. The van der Waals surface area contributed by atoms with Gasteiger partial charge in [0.1, 0.15) is 17.7 Å². The first-order valence-electron chi connectivity index (χ1n) is 15.7. The van der Waals surface area contributed by atoms with Crippen LogP contribution in [0.5, 0.6) is 5.75 Å². The van der Waals surface area contributed by atoms with E-state index in [-0.39, 0.29) is 18.1 Å². The summed E-state index contributed by atoms with van der Waals surface area (Å²) in [6, 6.07) is 16.2. The molecule has 0 radical (unpaired) electrons. The summed E-state index contributed by atoms with van der Waals surface area (Å²) in [6.45, 7) is 13.2. The third-order valence-electron chi connectivity index (χ3n) is 7.12. The second-order valence-electron chi connectivity index (χ2n) is 11.5. The Kier molecular flexibility index (Phi) is 15.5. The highest BCUT2D eigenvalue weighted by Gasteiger charge is 2.22. The number of aldehydes is 1. The molecule has 1 fully saturated rings. The highest BCUT2D eigenvalue weighted by atomic mass is 16.5. The summed E-state index contributed by atoms with van der Waals surface area (Å²) in [6.07, 6.45) is 7.16. The highest BCUT2D eigenvalue weighted by molar-refractivity contribution is 5.97. The predicted molar refractivity (Wildman–Crippen MR) is 186 cm³/mol. The van der Waals surface area contributed by atoms with E-state index >= 15 is 0 Å². The van der Waals surface area contributed by atoms with Crippen LogP contribution < -0.4 is 4.74 Å². The van der Waals surface area contributed by atoms with Crippen LogP contribution in [-0.2, 0) is 9.53 Å². The van der Waals surface area contributed by atoms with Crippen molar-refractivity contribution in [2.45, 2.75) is 66.5 Å². The zero-order valence-corrected chi connectivity index (χ0v) is 28.8. The van der Waals surface area contributed by atoms with Gasteiger partial charge in [-0.05, 0) is 84.1 Å². The number of methoxy groups -OCH3 is 1. The SMILES string of the molecule is CC.CC(=O)N(CC1CCCO1)C(C)C.CN(C)C.COc1ccccc1-c1c[nH]c2ncc(-c3ccc(C)c(C=O)c3)cc12. The smallest absolute Gasteiger partial charge is 0.219 e. The molecular weight excluding hydrogens is 564 g/mol. The zero-order chi connectivity index (χ0) is 33.5. The minimum atomic E-state index is 0.144. The molecule has 1 aliphatic heterocycles. The van der Waals surface area contributed by atoms with E-state index in [1.807, 2.05) is 120 Å². The molecular formula is C37H52N4O4. The molecule has 0 aliphatic carbocycles. The van der Waals surface area contributed by atoms with Crippen LogP contribution in [0.3, 0.4) is 0 Å². The molecule has 3 heterocycles. The Balaban J connectivity index is 0.000000311. The van der Waals surface area contributed by atoms with Crippen LogP contribution >= 0.6 is 0 Å². The summed E-state index contributed by atoms with van der Waals surface area (Å²) in [5, 5.41) is 1.01. The Bertz CT molecular complexity index is 1490. The van der Waals surface area contributed by atoms with Gasteiger partial charge in [0.05, 0.1) is 13.2 Å². The molecule has 1 atom stereocenters.